The number of aromatic nitrogens is 3. The summed E-state index contributed by atoms with van der Waals surface area (Å²) in [7, 11) is 3.75. The lowest BCUT2D eigenvalue weighted by molar-refractivity contribution is 0.151. The van der Waals surface area contributed by atoms with Gasteiger partial charge in [-0.2, -0.15) is 5.10 Å². The molecule has 3 heterocycles. The summed E-state index contributed by atoms with van der Waals surface area (Å²) >= 11 is 0. The van der Waals surface area contributed by atoms with Gasteiger partial charge in [0, 0.05) is 70.6 Å². The van der Waals surface area contributed by atoms with Crippen molar-refractivity contribution in [1.82, 2.24) is 19.2 Å². The van der Waals surface area contributed by atoms with Crippen LogP contribution in [0.5, 0.6) is 0 Å². The summed E-state index contributed by atoms with van der Waals surface area (Å²) in [6.07, 6.45) is 7.38. The Hall–Kier alpha value is -1.59. The molecule has 0 amide bonds. The molecule has 2 aromatic heterocycles. The summed E-state index contributed by atoms with van der Waals surface area (Å²) in [6.45, 7) is 5.01. The first-order valence-corrected chi connectivity index (χ1v) is 7.57. The first kappa shape index (κ1) is 14.4. The number of fused-ring (bicyclic) bond motifs is 1. The van der Waals surface area contributed by atoms with Gasteiger partial charge in [0.15, 0.2) is 0 Å². The third-order valence-electron chi connectivity index (χ3n) is 4.18. The molecule has 2 aromatic rings. The molecule has 0 spiro atoms. The summed E-state index contributed by atoms with van der Waals surface area (Å²) < 4.78 is 9.54. The van der Waals surface area contributed by atoms with E-state index in [0.717, 1.165) is 39.2 Å². The molecule has 0 unspecified atom stereocenters. The van der Waals surface area contributed by atoms with Crippen molar-refractivity contribution in [2.24, 2.45) is 13.0 Å². The van der Waals surface area contributed by atoms with Crippen molar-refractivity contribution < 1.29 is 4.74 Å². The smallest absolute Gasteiger partial charge is 0.0534 e. The fourth-order valence-electron chi connectivity index (χ4n) is 3.17. The lowest BCUT2D eigenvalue weighted by Gasteiger charge is -2.23. The zero-order valence-corrected chi connectivity index (χ0v) is 12.9. The second-order valence-corrected chi connectivity index (χ2v) is 5.99. The Kier molecular flexibility index (Phi) is 4.41. The van der Waals surface area contributed by atoms with Crippen LogP contribution in [-0.2, 0) is 31.4 Å². The van der Waals surface area contributed by atoms with E-state index in [4.69, 9.17) is 4.74 Å². The summed E-state index contributed by atoms with van der Waals surface area (Å²) in [5.74, 6) is 0.635. The Labute approximate surface area is 126 Å². The average Bonchev–Trinajstić information content (AvgIpc) is 3.02. The maximum absolute atomic E-state index is 5.27. The predicted octanol–water partition coefficient (Wildman–Crippen LogP) is 1.89. The van der Waals surface area contributed by atoms with Gasteiger partial charge in [-0.3, -0.25) is 9.58 Å². The monoisotopic (exact) mass is 288 g/mol. The third kappa shape index (κ3) is 3.54. The fraction of sp³-hybridized carbons (Fsp3) is 0.562. The molecule has 114 valence electrons. The van der Waals surface area contributed by atoms with Gasteiger partial charge in [-0.25, -0.2) is 0 Å². The van der Waals surface area contributed by atoms with Gasteiger partial charge in [0.05, 0.1) is 6.20 Å². The number of rotatable bonds is 5. The van der Waals surface area contributed by atoms with E-state index in [2.05, 4.69) is 39.1 Å². The third-order valence-corrected chi connectivity index (χ3v) is 4.18. The highest BCUT2D eigenvalue weighted by Gasteiger charge is 2.21. The van der Waals surface area contributed by atoms with Crippen LogP contribution in [0.25, 0.3) is 0 Å². The summed E-state index contributed by atoms with van der Waals surface area (Å²) in [5, 5.41) is 4.27. The molecular formula is C16H24N4O. The number of hydrogen-bond donors (Lipinski definition) is 0. The Balaban J connectivity index is 1.73. The van der Waals surface area contributed by atoms with Crippen molar-refractivity contribution in [3.05, 3.63) is 42.0 Å². The highest BCUT2D eigenvalue weighted by molar-refractivity contribution is 5.10. The highest BCUT2D eigenvalue weighted by Crippen LogP contribution is 2.21. The molecular weight excluding hydrogens is 264 g/mol. The molecule has 1 aliphatic heterocycles. The molecule has 21 heavy (non-hydrogen) atoms. The van der Waals surface area contributed by atoms with E-state index < -0.39 is 0 Å². The van der Waals surface area contributed by atoms with E-state index >= 15 is 0 Å². The number of ether oxygens (including phenoxy) is 1. The largest absolute Gasteiger partial charge is 0.385 e. The zero-order valence-electron chi connectivity index (χ0n) is 12.9. The highest BCUT2D eigenvalue weighted by atomic mass is 16.5. The Morgan fingerprint density at radius 3 is 3.05 bits per heavy atom. The van der Waals surface area contributed by atoms with Crippen molar-refractivity contribution in [1.29, 1.82) is 0 Å². The van der Waals surface area contributed by atoms with Crippen LogP contribution in [0.15, 0.2) is 30.7 Å². The maximum atomic E-state index is 5.27. The number of nitrogens with zero attached hydrogens (tertiary/aromatic N) is 4. The first-order chi connectivity index (χ1) is 10.2. The molecule has 1 aliphatic rings. The summed E-state index contributed by atoms with van der Waals surface area (Å²) in [4.78, 5) is 2.52. The summed E-state index contributed by atoms with van der Waals surface area (Å²) in [5.41, 5.74) is 2.68. The predicted molar refractivity (Wildman–Crippen MR) is 81.7 cm³/mol. The Morgan fingerprint density at radius 2 is 2.29 bits per heavy atom. The molecule has 0 fully saturated rings. The second-order valence-electron chi connectivity index (χ2n) is 5.99. The van der Waals surface area contributed by atoms with Crippen LogP contribution in [0.2, 0.25) is 0 Å². The molecule has 0 bridgehead atoms. The lowest BCUT2D eigenvalue weighted by Crippen LogP contribution is -2.28. The number of hydrogen-bond acceptors (Lipinski definition) is 3. The van der Waals surface area contributed by atoms with E-state index in [-0.39, 0.29) is 0 Å². The SMILES string of the molecule is COCC[C@H]1CN(Cc2cnn(C)c2)Cc2cccn2C1. The Morgan fingerprint density at radius 1 is 1.38 bits per heavy atom. The van der Waals surface area contributed by atoms with E-state index in [1.807, 2.05) is 17.9 Å². The molecule has 3 rings (SSSR count). The molecule has 0 aliphatic carbocycles. The van der Waals surface area contributed by atoms with E-state index in [0.29, 0.717) is 5.92 Å². The van der Waals surface area contributed by atoms with E-state index in [9.17, 15) is 0 Å². The molecule has 5 heteroatoms. The van der Waals surface area contributed by atoms with Gasteiger partial charge in [0.2, 0.25) is 0 Å². The minimum atomic E-state index is 0.635. The fourth-order valence-corrected chi connectivity index (χ4v) is 3.17. The normalized spacial score (nSPS) is 19.4. The second kappa shape index (κ2) is 6.45. The van der Waals surface area contributed by atoms with Crippen LogP contribution in [0, 0.1) is 5.92 Å². The van der Waals surface area contributed by atoms with Crippen molar-refractivity contribution in [3.63, 3.8) is 0 Å². The van der Waals surface area contributed by atoms with E-state index in [1.165, 1.54) is 11.3 Å². The van der Waals surface area contributed by atoms with Gasteiger partial charge in [-0.05, 0) is 24.5 Å². The van der Waals surface area contributed by atoms with E-state index in [1.54, 1.807) is 7.11 Å². The maximum Gasteiger partial charge on any atom is 0.0534 e. The standard InChI is InChI=1S/C16H24N4O/c1-18-9-15(8-17-18)11-19-10-14(5-7-21-2)12-20-6-3-4-16(20)13-19/h3-4,6,8-9,14H,5,7,10-13H2,1-2H3/t14-/m0/s1. The molecule has 0 N–H and O–H groups in total. The van der Waals surface area contributed by atoms with Crippen LogP contribution in [0.1, 0.15) is 17.7 Å². The quantitative estimate of drug-likeness (QED) is 0.843. The zero-order chi connectivity index (χ0) is 14.7. The minimum absolute atomic E-state index is 0.635. The van der Waals surface area contributed by atoms with Crippen molar-refractivity contribution in [2.45, 2.75) is 26.1 Å². The number of aryl methyl sites for hydroxylation is 1. The van der Waals surface area contributed by atoms with Gasteiger partial charge >= 0.3 is 0 Å². The van der Waals surface area contributed by atoms with Gasteiger partial charge in [0.25, 0.3) is 0 Å². The minimum Gasteiger partial charge on any atom is -0.385 e. The van der Waals surface area contributed by atoms with Crippen molar-refractivity contribution in [2.75, 3.05) is 20.3 Å². The molecule has 0 saturated carbocycles. The van der Waals surface area contributed by atoms with Gasteiger partial charge in [-0.1, -0.05) is 0 Å². The molecule has 0 saturated heterocycles. The molecule has 0 aromatic carbocycles. The lowest BCUT2D eigenvalue weighted by atomic mass is 10.1. The van der Waals surface area contributed by atoms with Gasteiger partial charge < -0.3 is 9.30 Å². The topological polar surface area (TPSA) is 35.2 Å². The summed E-state index contributed by atoms with van der Waals surface area (Å²) in [6, 6.07) is 4.38. The van der Waals surface area contributed by atoms with Crippen LogP contribution in [0.3, 0.4) is 0 Å². The van der Waals surface area contributed by atoms with Gasteiger partial charge in [0.1, 0.15) is 0 Å². The molecule has 1 atom stereocenters. The van der Waals surface area contributed by atoms with Gasteiger partial charge in [-0.15, -0.1) is 0 Å². The first-order valence-electron chi connectivity index (χ1n) is 7.57. The Bertz CT molecular complexity index is 574. The van der Waals surface area contributed by atoms with Crippen LogP contribution < -0.4 is 0 Å². The van der Waals surface area contributed by atoms with Crippen LogP contribution in [-0.4, -0.2) is 39.5 Å². The van der Waals surface area contributed by atoms with Crippen molar-refractivity contribution >= 4 is 0 Å². The van der Waals surface area contributed by atoms with Crippen molar-refractivity contribution in [3.8, 4) is 0 Å². The molecule has 5 nitrogen and oxygen atoms in total. The average molecular weight is 288 g/mol. The van der Waals surface area contributed by atoms with Crippen LogP contribution >= 0.6 is 0 Å². The van der Waals surface area contributed by atoms with Crippen LogP contribution in [0.4, 0.5) is 0 Å². The molecule has 0 radical (unpaired) electrons. The number of methoxy groups -OCH3 is 1.